The molecule has 2 N–H and O–H groups in total. The number of rotatable bonds is 4. The number of nitrogens with zero attached hydrogens (tertiary/aromatic N) is 1. The first-order valence-corrected chi connectivity index (χ1v) is 8.87. The zero-order valence-corrected chi connectivity index (χ0v) is 15.1. The standard InChI is InChI=1S/C15H18F3N3O2S.ClH/c1-14(4-6-20-7-5-14)10-21-24(22,23)12-3-2-11(9-19)13(8-12)15(16,17)18;/h2-3,8,20-21H,4-7,10H2,1H3;1H. The number of hydrogen-bond acceptors (Lipinski definition) is 4. The second-order valence-corrected chi connectivity index (χ2v) is 7.97. The molecule has 0 saturated carbocycles. The summed E-state index contributed by atoms with van der Waals surface area (Å²) >= 11 is 0. The Kier molecular flexibility index (Phi) is 6.87. The van der Waals surface area contributed by atoms with Gasteiger partial charge in [0, 0.05) is 6.54 Å². The van der Waals surface area contributed by atoms with Crippen LogP contribution < -0.4 is 10.0 Å². The van der Waals surface area contributed by atoms with E-state index in [0.29, 0.717) is 6.07 Å². The van der Waals surface area contributed by atoms with Crippen LogP contribution in [0.3, 0.4) is 0 Å². The van der Waals surface area contributed by atoms with Gasteiger partial charge in [-0.3, -0.25) is 0 Å². The average Bonchev–Trinajstić information content (AvgIpc) is 2.52. The highest BCUT2D eigenvalue weighted by Crippen LogP contribution is 2.33. The van der Waals surface area contributed by atoms with E-state index in [4.69, 9.17) is 5.26 Å². The SMILES string of the molecule is CC1(CNS(=O)(=O)c2ccc(C#N)c(C(F)(F)F)c2)CCNCC1.Cl. The number of sulfonamides is 1. The first kappa shape index (κ1) is 21.7. The van der Waals surface area contributed by atoms with Crippen molar-refractivity contribution in [3.05, 3.63) is 29.3 Å². The third kappa shape index (κ3) is 5.31. The minimum atomic E-state index is -4.79. The number of alkyl halides is 3. The van der Waals surface area contributed by atoms with Crippen molar-refractivity contribution in [1.29, 1.82) is 5.26 Å². The van der Waals surface area contributed by atoms with Gasteiger partial charge in [-0.05, 0) is 49.5 Å². The fraction of sp³-hybridized carbons (Fsp3) is 0.533. The molecule has 1 aliphatic rings. The number of hydrogen-bond donors (Lipinski definition) is 2. The Morgan fingerprint density at radius 2 is 1.92 bits per heavy atom. The van der Waals surface area contributed by atoms with Gasteiger partial charge in [0.25, 0.3) is 0 Å². The molecule has 0 bridgehead atoms. The highest BCUT2D eigenvalue weighted by Gasteiger charge is 2.35. The van der Waals surface area contributed by atoms with Crippen LogP contribution >= 0.6 is 12.4 Å². The van der Waals surface area contributed by atoms with Gasteiger partial charge in [-0.2, -0.15) is 18.4 Å². The maximum atomic E-state index is 13.0. The largest absolute Gasteiger partial charge is 0.417 e. The Balaban J connectivity index is 0.00000312. The van der Waals surface area contributed by atoms with Crippen LogP contribution in [-0.2, 0) is 16.2 Å². The molecule has 140 valence electrons. The highest BCUT2D eigenvalue weighted by atomic mass is 35.5. The number of piperidine rings is 1. The monoisotopic (exact) mass is 397 g/mol. The first-order valence-electron chi connectivity index (χ1n) is 7.39. The first-order chi connectivity index (χ1) is 11.1. The average molecular weight is 398 g/mol. The predicted molar refractivity (Wildman–Crippen MR) is 88.8 cm³/mol. The zero-order chi connectivity index (χ0) is 18.0. The molecule has 1 aromatic carbocycles. The molecule has 0 unspecified atom stereocenters. The maximum absolute atomic E-state index is 13.0. The van der Waals surface area contributed by atoms with Gasteiger partial charge >= 0.3 is 6.18 Å². The topological polar surface area (TPSA) is 82.0 Å². The fourth-order valence-corrected chi connectivity index (χ4v) is 3.81. The molecule has 0 aliphatic carbocycles. The second kappa shape index (κ2) is 7.91. The summed E-state index contributed by atoms with van der Waals surface area (Å²) in [6, 6.07) is 3.83. The molecule has 1 aliphatic heterocycles. The molecule has 0 radical (unpaired) electrons. The minimum Gasteiger partial charge on any atom is -0.317 e. The van der Waals surface area contributed by atoms with E-state index in [0.717, 1.165) is 38.1 Å². The van der Waals surface area contributed by atoms with Gasteiger partial charge < -0.3 is 5.32 Å². The van der Waals surface area contributed by atoms with Crippen LogP contribution in [0.1, 0.15) is 30.9 Å². The molecule has 1 aromatic rings. The Bertz CT molecular complexity index is 754. The highest BCUT2D eigenvalue weighted by molar-refractivity contribution is 7.89. The molecule has 1 heterocycles. The summed E-state index contributed by atoms with van der Waals surface area (Å²) < 4.78 is 65.9. The Hall–Kier alpha value is -1.34. The lowest BCUT2D eigenvalue weighted by atomic mass is 9.81. The molecule has 0 spiro atoms. The van der Waals surface area contributed by atoms with E-state index in [9.17, 15) is 21.6 Å². The second-order valence-electron chi connectivity index (χ2n) is 6.20. The van der Waals surface area contributed by atoms with Crippen molar-refractivity contribution in [2.24, 2.45) is 5.41 Å². The molecular weight excluding hydrogens is 379 g/mol. The number of benzene rings is 1. The number of halogens is 4. The summed E-state index contributed by atoms with van der Waals surface area (Å²) in [5, 5.41) is 11.9. The number of nitrogens with one attached hydrogen (secondary N) is 2. The van der Waals surface area contributed by atoms with Crippen molar-refractivity contribution >= 4 is 22.4 Å². The molecule has 10 heteroatoms. The van der Waals surface area contributed by atoms with Crippen molar-refractivity contribution in [1.82, 2.24) is 10.0 Å². The minimum absolute atomic E-state index is 0. The Morgan fingerprint density at radius 1 is 1.32 bits per heavy atom. The molecule has 1 fully saturated rings. The van der Waals surface area contributed by atoms with Crippen LogP contribution in [0.25, 0.3) is 0 Å². The molecule has 5 nitrogen and oxygen atoms in total. The zero-order valence-electron chi connectivity index (χ0n) is 13.5. The van der Waals surface area contributed by atoms with Gasteiger partial charge in [0.2, 0.25) is 10.0 Å². The van der Waals surface area contributed by atoms with Crippen LogP contribution in [0.2, 0.25) is 0 Å². The van der Waals surface area contributed by atoms with Crippen molar-refractivity contribution in [3.8, 4) is 6.07 Å². The summed E-state index contributed by atoms with van der Waals surface area (Å²) in [5.74, 6) is 0. The van der Waals surface area contributed by atoms with E-state index in [1.54, 1.807) is 0 Å². The molecule has 0 atom stereocenters. The van der Waals surface area contributed by atoms with Crippen molar-refractivity contribution < 1.29 is 21.6 Å². The lowest BCUT2D eigenvalue weighted by Gasteiger charge is -2.34. The van der Waals surface area contributed by atoms with Gasteiger partial charge in [-0.1, -0.05) is 6.92 Å². The molecule has 2 rings (SSSR count). The van der Waals surface area contributed by atoms with E-state index < -0.39 is 32.2 Å². The summed E-state index contributed by atoms with van der Waals surface area (Å²) in [7, 11) is -4.09. The van der Waals surface area contributed by atoms with Gasteiger partial charge in [-0.15, -0.1) is 12.4 Å². The van der Waals surface area contributed by atoms with E-state index >= 15 is 0 Å². The van der Waals surface area contributed by atoms with E-state index in [2.05, 4.69) is 10.0 Å². The van der Waals surface area contributed by atoms with Gasteiger partial charge in [0.1, 0.15) is 0 Å². The summed E-state index contributed by atoms with van der Waals surface area (Å²) in [6.07, 6.45) is -3.25. The summed E-state index contributed by atoms with van der Waals surface area (Å²) in [6.45, 7) is 3.63. The lowest BCUT2D eigenvalue weighted by Crippen LogP contribution is -2.42. The van der Waals surface area contributed by atoms with Crippen LogP contribution in [0.5, 0.6) is 0 Å². The maximum Gasteiger partial charge on any atom is 0.417 e. The molecule has 0 aromatic heterocycles. The van der Waals surface area contributed by atoms with Crippen molar-refractivity contribution in [3.63, 3.8) is 0 Å². The summed E-state index contributed by atoms with van der Waals surface area (Å²) in [5.41, 5.74) is -2.09. The predicted octanol–water partition coefficient (Wildman–Crippen LogP) is 2.67. The van der Waals surface area contributed by atoms with Crippen molar-refractivity contribution in [2.45, 2.75) is 30.8 Å². The Labute approximate surface area is 151 Å². The van der Waals surface area contributed by atoms with Gasteiger partial charge in [0.15, 0.2) is 0 Å². The smallest absolute Gasteiger partial charge is 0.317 e. The molecule has 1 saturated heterocycles. The van der Waals surface area contributed by atoms with E-state index in [1.807, 2.05) is 6.92 Å². The molecule has 0 amide bonds. The quantitative estimate of drug-likeness (QED) is 0.818. The van der Waals surface area contributed by atoms with Crippen LogP contribution in [0, 0.1) is 16.7 Å². The summed E-state index contributed by atoms with van der Waals surface area (Å²) in [4.78, 5) is -0.494. The van der Waals surface area contributed by atoms with E-state index in [1.165, 1.54) is 6.07 Å². The van der Waals surface area contributed by atoms with Gasteiger partial charge in [-0.25, -0.2) is 13.1 Å². The fourth-order valence-electron chi connectivity index (χ4n) is 2.58. The van der Waals surface area contributed by atoms with E-state index in [-0.39, 0.29) is 24.4 Å². The third-order valence-corrected chi connectivity index (χ3v) is 5.63. The Morgan fingerprint density at radius 3 is 2.44 bits per heavy atom. The van der Waals surface area contributed by atoms with Crippen molar-refractivity contribution in [2.75, 3.05) is 19.6 Å². The third-order valence-electron chi connectivity index (χ3n) is 4.23. The van der Waals surface area contributed by atoms with Crippen LogP contribution in [0.4, 0.5) is 13.2 Å². The van der Waals surface area contributed by atoms with Gasteiger partial charge in [0.05, 0.1) is 22.1 Å². The lowest BCUT2D eigenvalue weighted by molar-refractivity contribution is -0.137. The molecular formula is C15H19ClF3N3O2S. The van der Waals surface area contributed by atoms with Crippen LogP contribution in [-0.4, -0.2) is 28.1 Å². The molecule has 25 heavy (non-hydrogen) atoms. The van der Waals surface area contributed by atoms with Crippen LogP contribution in [0.15, 0.2) is 23.1 Å². The normalized spacial score (nSPS) is 17.4. The number of nitriles is 1.